The molecule has 0 aliphatic heterocycles. The van der Waals surface area contributed by atoms with E-state index in [1.54, 1.807) is 0 Å². The average molecular weight is 332 g/mol. The van der Waals surface area contributed by atoms with Crippen molar-refractivity contribution in [1.82, 2.24) is 4.90 Å². The first-order valence-corrected chi connectivity index (χ1v) is 9.63. The van der Waals surface area contributed by atoms with Crippen LogP contribution in [0.3, 0.4) is 0 Å². The number of nitrogens with zero attached hydrogens (tertiary/aromatic N) is 1. The molecule has 0 aromatic carbocycles. The Morgan fingerprint density at radius 2 is 1.58 bits per heavy atom. The molecule has 0 spiro atoms. The molecule has 1 saturated carbocycles. The molecule has 0 N–H and O–H groups in total. The molecule has 0 aromatic rings. The third-order valence-electron chi connectivity index (χ3n) is 4.88. The van der Waals surface area contributed by atoms with E-state index >= 15 is 0 Å². The minimum Gasteiger partial charge on any atom is -0.300 e. The largest absolute Gasteiger partial charge is 0.300 e. The second kappa shape index (κ2) is 9.39. The van der Waals surface area contributed by atoms with E-state index in [1.165, 1.54) is 76.2 Å². The van der Waals surface area contributed by atoms with Crippen LogP contribution in [0.25, 0.3) is 0 Å². The number of hydrogen-bond acceptors (Lipinski definition) is 1. The van der Waals surface area contributed by atoms with Gasteiger partial charge in [0.15, 0.2) is 0 Å². The molecule has 0 unspecified atom stereocenters. The zero-order valence-corrected chi connectivity index (χ0v) is 15.0. The SMILES string of the molecule is CCCC(CBr)(CCC)CN(CC)C1CCCCC1. The lowest BCUT2D eigenvalue weighted by Crippen LogP contribution is -2.45. The third-order valence-corrected chi connectivity index (χ3v) is 6.07. The Labute approximate surface area is 129 Å². The van der Waals surface area contributed by atoms with Gasteiger partial charge in [-0.2, -0.15) is 0 Å². The summed E-state index contributed by atoms with van der Waals surface area (Å²) in [4.78, 5) is 2.80. The van der Waals surface area contributed by atoms with Crippen molar-refractivity contribution in [2.45, 2.75) is 84.6 Å². The van der Waals surface area contributed by atoms with Crippen LogP contribution in [0.4, 0.5) is 0 Å². The van der Waals surface area contributed by atoms with Crippen molar-refractivity contribution >= 4 is 15.9 Å². The van der Waals surface area contributed by atoms with E-state index in [2.05, 4.69) is 41.6 Å². The molecule has 2 heteroatoms. The molecular weight excluding hydrogens is 298 g/mol. The van der Waals surface area contributed by atoms with Gasteiger partial charge in [-0.3, -0.25) is 0 Å². The summed E-state index contributed by atoms with van der Waals surface area (Å²) in [6.07, 6.45) is 12.6. The van der Waals surface area contributed by atoms with Gasteiger partial charge in [0.1, 0.15) is 0 Å². The molecule has 1 nitrogen and oxygen atoms in total. The fourth-order valence-electron chi connectivity index (χ4n) is 3.90. The Hall–Kier alpha value is 0.440. The Morgan fingerprint density at radius 3 is 2.00 bits per heavy atom. The normalized spacial score (nSPS) is 18.2. The lowest BCUT2D eigenvalue weighted by Gasteiger charge is -2.42. The van der Waals surface area contributed by atoms with Gasteiger partial charge < -0.3 is 4.90 Å². The average Bonchev–Trinajstić information content (AvgIpc) is 2.46. The first-order chi connectivity index (χ1) is 9.21. The first kappa shape index (κ1) is 17.5. The Balaban J connectivity index is 2.66. The van der Waals surface area contributed by atoms with Crippen LogP contribution in [0.15, 0.2) is 0 Å². The maximum atomic E-state index is 3.83. The van der Waals surface area contributed by atoms with Gasteiger partial charge in [-0.15, -0.1) is 0 Å². The topological polar surface area (TPSA) is 3.24 Å². The number of halogens is 1. The summed E-state index contributed by atoms with van der Waals surface area (Å²) in [6.45, 7) is 9.56. The smallest absolute Gasteiger partial charge is 0.0100 e. The van der Waals surface area contributed by atoms with Crippen molar-refractivity contribution in [2.75, 3.05) is 18.4 Å². The van der Waals surface area contributed by atoms with Crippen molar-refractivity contribution in [2.24, 2.45) is 5.41 Å². The highest BCUT2D eigenvalue weighted by atomic mass is 79.9. The van der Waals surface area contributed by atoms with E-state index in [0.29, 0.717) is 5.41 Å². The summed E-state index contributed by atoms with van der Waals surface area (Å²) in [7, 11) is 0. The molecule has 0 heterocycles. The Morgan fingerprint density at radius 1 is 1.00 bits per heavy atom. The van der Waals surface area contributed by atoms with Crippen LogP contribution in [0, 0.1) is 5.41 Å². The zero-order valence-electron chi connectivity index (χ0n) is 13.4. The second-order valence-corrected chi connectivity index (χ2v) is 7.05. The van der Waals surface area contributed by atoms with Crippen molar-refractivity contribution in [3.05, 3.63) is 0 Å². The molecule has 114 valence electrons. The van der Waals surface area contributed by atoms with Gasteiger partial charge in [0, 0.05) is 17.9 Å². The quantitative estimate of drug-likeness (QED) is 0.495. The fourth-order valence-corrected chi connectivity index (χ4v) is 4.63. The highest BCUT2D eigenvalue weighted by molar-refractivity contribution is 9.09. The summed E-state index contributed by atoms with van der Waals surface area (Å²) >= 11 is 3.83. The van der Waals surface area contributed by atoms with Gasteiger partial charge in [-0.05, 0) is 37.6 Å². The van der Waals surface area contributed by atoms with E-state index < -0.39 is 0 Å². The van der Waals surface area contributed by atoms with Gasteiger partial charge in [0.2, 0.25) is 0 Å². The number of hydrogen-bond donors (Lipinski definition) is 0. The second-order valence-electron chi connectivity index (χ2n) is 6.49. The van der Waals surface area contributed by atoms with Crippen molar-refractivity contribution in [1.29, 1.82) is 0 Å². The molecule has 0 bridgehead atoms. The lowest BCUT2D eigenvalue weighted by molar-refractivity contribution is 0.0925. The van der Waals surface area contributed by atoms with E-state index in [-0.39, 0.29) is 0 Å². The van der Waals surface area contributed by atoms with Gasteiger partial charge in [0.25, 0.3) is 0 Å². The molecule has 1 fully saturated rings. The van der Waals surface area contributed by atoms with Crippen LogP contribution >= 0.6 is 15.9 Å². The van der Waals surface area contributed by atoms with Crippen molar-refractivity contribution in [3.63, 3.8) is 0 Å². The highest BCUT2D eigenvalue weighted by Gasteiger charge is 2.32. The molecule has 1 aliphatic rings. The predicted molar refractivity (Wildman–Crippen MR) is 90.2 cm³/mol. The Kier molecular flexibility index (Phi) is 8.64. The number of alkyl halides is 1. The van der Waals surface area contributed by atoms with E-state index in [1.807, 2.05) is 0 Å². The third kappa shape index (κ3) is 5.38. The molecule has 0 saturated heterocycles. The van der Waals surface area contributed by atoms with Gasteiger partial charge >= 0.3 is 0 Å². The van der Waals surface area contributed by atoms with Crippen LogP contribution in [-0.2, 0) is 0 Å². The molecule has 0 amide bonds. The minimum atomic E-state index is 0.511. The zero-order chi connectivity index (χ0) is 14.1. The van der Waals surface area contributed by atoms with Crippen LogP contribution in [0.2, 0.25) is 0 Å². The van der Waals surface area contributed by atoms with E-state index in [9.17, 15) is 0 Å². The first-order valence-electron chi connectivity index (χ1n) is 8.51. The number of rotatable bonds is 9. The summed E-state index contributed by atoms with van der Waals surface area (Å²) in [5.41, 5.74) is 0.511. The lowest BCUT2D eigenvalue weighted by atomic mass is 9.80. The molecule has 19 heavy (non-hydrogen) atoms. The highest BCUT2D eigenvalue weighted by Crippen LogP contribution is 2.35. The summed E-state index contributed by atoms with van der Waals surface area (Å²) < 4.78 is 0. The van der Waals surface area contributed by atoms with Crippen LogP contribution in [0.5, 0.6) is 0 Å². The molecule has 0 atom stereocenters. The molecule has 0 aromatic heterocycles. The molecule has 0 radical (unpaired) electrons. The van der Waals surface area contributed by atoms with Crippen LogP contribution in [-0.4, -0.2) is 29.4 Å². The minimum absolute atomic E-state index is 0.511. The van der Waals surface area contributed by atoms with E-state index in [0.717, 1.165) is 6.04 Å². The summed E-state index contributed by atoms with van der Waals surface area (Å²) in [5, 5.41) is 1.17. The molecular formula is C17H34BrN. The van der Waals surface area contributed by atoms with Crippen molar-refractivity contribution < 1.29 is 0 Å². The standard InChI is InChI=1S/C17H34BrN/c1-4-12-17(14-18,13-5-2)15-19(6-3)16-10-8-7-9-11-16/h16H,4-15H2,1-3H3. The monoisotopic (exact) mass is 331 g/mol. The van der Waals surface area contributed by atoms with Gasteiger partial charge in [-0.1, -0.05) is 68.8 Å². The predicted octanol–water partition coefficient (Wildman–Crippen LogP) is 5.62. The van der Waals surface area contributed by atoms with Gasteiger partial charge in [-0.25, -0.2) is 0 Å². The van der Waals surface area contributed by atoms with Gasteiger partial charge in [0.05, 0.1) is 0 Å². The van der Waals surface area contributed by atoms with Crippen molar-refractivity contribution in [3.8, 4) is 0 Å². The maximum absolute atomic E-state index is 3.83. The Bertz CT molecular complexity index is 217. The summed E-state index contributed by atoms with van der Waals surface area (Å²) in [6, 6.07) is 0.867. The van der Waals surface area contributed by atoms with E-state index in [4.69, 9.17) is 0 Å². The maximum Gasteiger partial charge on any atom is 0.0100 e. The molecule has 1 rings (SSSR count). The fraction of sp³-hybridized carbons (Fsp3) is 1.00. The summed E-state index contributed by atoms with van der Waals surface area (Å²) in [5.74, 6) is 0. The molecule has 1 aliphatic carbocycles. The van der Waals surface area contributed by atoms with Crippen LogP contribution < -0.4 is 0 Å². The van der Waals surface area contributed by atoms with Crippen LogP contribution in [0.1, 0.15) is 78.6 Å².